The smallest absolute Gasteiger partial charge is 0.394 e. The molecule has 0 amide bonds. The average molecular weight is 379 g/mol. The molecule has 7 N–H and O–H groups in total. The van der Waals surface area contributed by atoms with Gasteiger partial charge in [0.15, 0.2) is 0 Å². The lowest BCUT2D eigenvalue weighted by molar-refractivity contribution is 0.0697. The van der Waals surface area contributed by atoms with E-state index in [1.807, 2.05) is 0 Å². The third-order valence-electron chi connectivity index (χ3n) is 1.28. The van der Waals surface area contributed by atoms with Crippen LogP contribution in [0.3, 0.4) is 0 Å². The maximum absolute atomic E-state index is 10.1. The second-order valence-corrected chi connectivity index (χ2v) is 6.85. The number of hydrogen-bond acceptors (Lipinski definition) is 12. The van der Waals surface area contributed by atoms with Gasteiger partial charge in [0.25, 0.3) is 0 Å². The normalized spacial score (nSPS) is 13.4. The minimum absolute atomic E-state index is 0.403. The molecule has 0 aliphatic rings. The van der Waals surface area contributed by atoms with Crippen LogP contribution in [0.2, 0.25) is 0 Å². The number of aliphatic hydroxyl groups excluding tert-OH is 3. The highest BCUT2D eigenvalue weighted by atomic mass is 32.3. The van der Waals surface area contributed by atoms with Gasteiger partial charge in [-0.2, -0.15) is 25.3 Å². The first-order chi connectivity index (χ1) is 9.10. The molecular formula is C4H13NO13S3. The van der Waals surface area contributed by atoms with Gasteiger partial charge in [0.2, 0.25) is 0 Å². The highest BCUT2D eigenvalue weighted by Crippen LogP contribution is 2.03. The predicted octanol–water partition coefficient (Wildman–Crippen LogP) is -4.47. The zero-order valence-corrected chi connectivity index (χ0v) is 12.4. The molecule has 0 aliphatic carbocycles. The van der Waals surface area contributed by atoms with Crippen molar-refractivity contribution in [2.24, 2.45) is 5.73 Å². The Morgan fingerprint density at radius 2 is 1.00 bits per heavy atom. The van der Waals surface area contributed by atoms with E-state index >= 15 is 0 Å². The van der Waals surface area contributed by atoms with Crippen LogP contribution in [0.5, 0.6) is 0 Å². The summed E-state index contributed by atoms with van der Waals surface area (Å²) in [6.07, 6.45) is 0. The Labute approximate surface area is 120 Å². The lowest BCUT2D eigenvalue weighted by atomic mass is 10.1. The van der Waals surface area contributed by atoms with Gasteiger partial charge in [-0.1, -0.05) is 7.26 Å². The summed E-state index contributed by atoms with van der Waals surface area (Å²) in [5, 5.41) is 25.0. The molecular weight excluding hydrogens is 366 g/mol. The van der Waals surface area contributed by atoms with Crippen LogP contribution in [0, 0.1) is 0 Å². The minimum atomic E-state index is -5.57. The molecule has 14 nitrogen and oxygen atoms in total. The van der Waals surface area contributed by atoms with E-state index in [0.717, 1.165) is 0 Å². The van der Waals surface area contributed by atoms with Crippen LogP contribution in [-0.2, 0) is 38.5 Å². The summed E-state index contributed by atoms with van der Waals surface area (Å²) in [6.45, 7) is -1.21. The number of nitrogens with two attached hydrogens (primary N) is 1. The Bertz CT molecular complexity index is 550. The molecule has 0 saturated carbocycles. The van der Waals surface area contributed by atoms with Gasteiger partial charge in [-0.05, 0) is 0 Å². The maximum Gasteiger partial charge on any atom is 0.432 e. The van der Waals surface area contributed by atoms with Crippen molar-refractivity contribution in [2.45, 2.75) is 5.54 Å². The molecule has 0 aliphatic heterocycles. The van der Waals surface area contributed by atoms with Gasteiger partial charge in [-0.25, -0.2) is 0 Å². The minimum Gasteiger partial charge on any atom is -0.394 e. The van der Waals surface area contributed by atoms with E-state index in [2.05, 4.69) is 7.26 Å². The van der Waals surface area contributed by atoms with Crippen molar-refractivity contribution in [3.8, 4) is 0 Å². The molecule has 0 heterocycles. The monoisotopic (exact) mass is 379 g/mol. The van der Waals surface area contributed by atoms with Crippen LogP contribution in [-0.4, -0.2) is 75.0 Å². The number of aliphatic hydroxyl groups is 3. The van der Waals surface area contributed by atoms with Crippen LogP contribution in [0.15, 0.2) is 0 Å². The first kappa shape index (κ1) is 22.8. The van der Waals surface area contributed by atoms with Gasteiger partial charge >= 0.3 is 31.2 Å². The number of rotatable bonds is 7. The molecule has 0 spiro atoms. The van der Waals surface area contributed by atoms with E-state index in [0.29, 0.717) is 0 Å². The van der Waals surface area contributed by atoms with Crippen molar-refractivity contribution in [3.05, 3.63) is 0 Å². The quantitative estimate of drug-likeness (QED) is 0.228. The summed E-state index contributed by atoms with van der Waals surface area (Å²) in [4.78, 5) is 0. The van der Waals surface area contributed by atoms with Gasteiger partial charge in [0.05, 0.1) is 25.4 Å². The molecule has 0 saturated heterocycles. The Hall–Kier alpha value is -0.470. The Morgan fingerprint density at radius 3 is 1.10 bits per heavy atom. The third kappa shape index (κ3) is 14.2. The molecule has 0 rings (SSSR count). The van der Waals surface area contributed by atoms with Gasteiger partial charge < -0.3 is 21.1 Å². The lowest BCUT2D eigenvalue weighted by Crippen LogP contribution is -2.50. The van der Waals surface area contributed by atoms with Gasteiger partial charge in [0.1, 0.15) is 0 Å². The molecule has 21 heavy (non-hydrogen) atoms. The van der Waals surface area contributed by atoms with Crippen LogP contribution < -0.4 is 5.73 Å². The SMILES string of the molecule is NC(CO)(CO)CO.O=S(=O)(O)OS(=O)(=O)OS(=O)(=O)O. The molecule has 17 heteroatoms. The summed E-state index contributed by atoms with van der Waals surface area (Å²) < 4.78 is 80.2. The molecule has 0 aromatic rings. The zero-order valence-electron chi connectivity index (χ0n) is 9.93. The van der Waals surface area contributed by atoms with Crippen molar-refractivity contribution < 1.29 is 56.9 Å². The standard InChI is InChI=1S/C4H11NO3.H2O10S3/c5-4(1-6,2-7)3-8;1-11(2,3)9-13(7,8)10-12(4,5)6/h6-8H,1-3,5H2;(H,1,2,3)(H,4,5,6). The largest absolute Gasteiger partial charge is 0.432 e. The first-order valence-corrected chi connectivity index (χ1v) is 8.39. The van der Waals surface area contributed by atoms with Crippen molar-refractivity contribution in [1.29, 1.82) is 0 Å². The van der Waals surface area contributed by atoms with Crippen LogP contribution in [0.25, 0.3) is 0 Å². The number of hydrogen-bond donors (Lipinski definition) is 6. The van der Waals surface area contributed by atoms with Gasteiger partial charge in [-0.3, -0.25) is 9.11 Å². The molecule has 0 atom stereocenters. The Balaban J connectivity index is 0. The molecule has 0 aromatic carbocycles. The van der Waals surface area contributed by atoms with Crippen molar-refractivity contribution in [3.63, 3.8) is 0 Å². The average Bonchev–Trinajstić information content (AvgIpc) is 2.22. The Morgan fingerprint density at radius 1 is 0.762 bits per heavy atom. The van der Waals surface area contributed by atoms with Crippen LogP contribution >= 0.6 is 0 Å². The van der Waals surface area contributed by atoms with Gasteiger partial charge in [0, 0.05) is 0 Å². The van der Waals surface area contributed by atoms with E-state index in [9.17, 15) is 25.3 Å². The molecule has 0 bridgehead atoms. The summed E-state index contributed by atoms with van der Waals surface area (Å²) in [6, 6.07) is 0. The molecule has 0 unspecified atom stereocenters. The fourth-order valence-electron chi connectivity index (χ4n) is 0.372. The summed E-state index contributed by atoms with van der Waals surface area (Å²) >= 11 is 0. The Kier molecular flexibility index (Phi) is 8.95. The van der Waals surface area contributed by atoms with Gasteiger partial charge in [-0.15, -0.1) is 0 Å². The predicted molar refractivity (Wildman–Crippen MR) is 62.4 cm³/mol. The lowest BCUT2D eigenvalue weighted by Gasteiger charge is -2.20. The van der Waals surface area contributed by atoms with E-state index in [1.54, 1.807) is 0 Å². The van der Waals surface area contributed by atoms with E-state index in [-0.39, 0.29) is 0 Å². The topological polar surface area (TPSA) is 248 Å². The fraction of sp³-hybridized carbons (Fsp3) is 1.00. The molecule has 130 valence electrons. The second kappa shape index (κ2) is 8.24. The highest BCUT2D eigenvalue weighted by Gasteiger charge is 2.27. The molecule has 0 aromatic heterocycles. The van der Waals surface area contributed by atoms with E-state index in [1.165, 1.54) is 0 Å². The van der Waals surface area contributed by atoms with Crippen LogP contribution in [0.4, 0.5) is 0 Å². The molecule has 0 fully saturated rings. The van der Waals surface area contributed by atoms with Crippen molar-refractivity contribution in [1.82, 2.24) is 0 Å². The second-order valence-electron chi connectivity index (χ2n) is 3.24. The zero-order chi connectivity index (χ0) is 17.5. The fourth-order valence-corrected chi connectivity index (χ4v) is 2.35. The van der Waals surface area contributed by atoms with Crippen molar-refractivity contribution >= 4 is 31.2 Å². The van der Waals surface area contributed by atoms with Crippen molar-refractivity contribution in [2.75, 3.05) is 19.8 Å². The third-order valence-corrected chi connectivity index (χ3v) is 3.99. The summed E-state index contributed by atoms with van der Waals surface area (Å²) in [5.41, 5.74) is 3.94. The molecule has 0 radical (unpaired) electrons. The van der Waals surface area contributed by atoms with E-state index < -0.39 is 56.6 Å². The first-order valence-electron chi connectivity index (χ1n) is 4.33. The van der Waals surface area contributed by atoms with E-state index in [4.69, 9.17) is 30.2 Å². The summed E-state index contributed by atoms with van der Waals surface area (Å²) in [7, 11) is -16.5. The van der Waals surface area contributed by atoms with Crippen LogP contribution in [0.1, 0.15) is 0 Å². The maximum atomic E-state index is 10.1. The summed E-state index contributed by atoms with van der Waals surface area (Å²) in [5.74, 6) is 0. The highest BCUT2D eigenvalue weighted by molar-refractivity contribution is 8.00.